The average molecular weight is 529 g/mol. The molecular formula is C31H33FN4O3. The zero-order valence-corrected chi connectivity index (χ0v) is 22.2. The van der Waals surface area contributed by atoms with Crippen molar-refractivity contribution in [3.63, 3.8) is 0 Å². The Balaban J connectivity index is 1.71. The van der Waals surface area contributed by atoms with Crippen LogP contribution in [0.25, 0.3) is 22.2 Å². The van der Waals surface area contributed by atoms with Crippen molar-refractivity contribution in [2.45, 2.75) is 51.6 Å². The molecule has 3 N–H and O–H groups in total. The summed E-state index contributed by atoms with van der Waals surface area (Å²) >= 11 is 0. The lowest BCUT2D eigenvalue weighted by atomic mass is 9.98. The Morgan fingerprint density at radius 1 is 0.974 bits per heavy atom. The first-order valence-electron chi connectivity index (χ1n) is 13.1. The summed E-state index contributed by atoms with van der Waals surface area (Å²) in [5, 5.41) is 20.5. The quantitative estimate of drug-likeness (QED) is 0.136. The van der Waals surface area contributed by atoms with E-state index in [1.807, 2.05) is 68.4 Å². The Hall–Kier alpha value is -4.33. The minimum atomic E-state index is -1.18. The lowest BCUT2D eigenvalue weighted by molar-refractivity contribution is 0.0690. The highest BCUT2D eigenvalue weighted by Gasteiger charge is 2.26. The van der Waals surface area contributed by atoms with Crippen LogP contribution in [-0.2, 0) is 0 Å². The topological polar surface area (TPSA) is 108 Å². The van der Waals surface area contributed by atoms with Crippen molar-refractivity contribution in [1.82, 2.24) is 14.9 Å². The van der Waals surface area contributed by atoms with Crippen LogP contribution in [0.5, 0.6) is 0 Å². The number of nitrogens with zero attached hydrogens (tertiary/aromatic N) is 2. The Labute approximate surface area is 227 Å². The molecule has 3 aromatic carbocycles. The largest absolute Gasteiger partial charge is 0.478 e. The molecule has 0 radical (unpaired) electrons. The number of amides is 1. The highest BCUT2D eigenvalue weighted by molar-refractivity contribution is 6.06. The third-order valence-electron chi connectivity index (χ3n) is 6.74. The van der Waals surface area contributed by atoms with Gasteiger partial charge >= 0.3 is 5.97 Å². The molecule has 0 fully saturated rings. The van der Waals surface area contributed by atoms with Gasteiger partial charge in [0.05, 0.1) is 28.2 Å². The van der Waals surface area contributed by atoms with Crippen LogP contribution < -0.4 is 5.32 Å². The fourth-order valence-corrected chi connectivity index (χ4v) is 4.84. The van der Waals surface area contributed by atoms with E-state index in [-0.39, 0.29) is 22.9 Å². The highest BCUT2D eigenvalue weighted by Crippen LogP contribution is 2.29. The van der Waals surface area contributed by atoms with E-state index >= 15 is 0 Å². The van der Waals surface area contributed by atoms with E-state index < -0.39 is 24.6 Å². The van der Waals surface area contributed by atoms with Gasteiger partial charge in [-0.05, 0) is 68.5 Å². The first-order valence-corrected chi connectivity index (χ1v) is 13.1. The van der Waals surface area contributed by atoms with E-state index in [0.717, 1.165) is 22.2 Å². The van der Waals surface area contributed by atoms with Gasteiger partial charge in [-0.15, -0.1) is 0 Å². The number of alkyl halides is 1. The van der Waals surface area contributed by atoms with E-state index in [2.05, 4.69) is 9.88 Å². The number of carboxylic acids is 1. The molecule has 0 aliphatic rings. The molecule has 7 nitrogen and oxygen atoms in total. The summed E-state index contributed by atoms with van der Waals surface area (Å²) in [6, 6.07) is 21.5. The number of hydrogen-bond acceptors (Lipinski definition) is 4. The van der Waals surface area contributed by atoms with Crippen LogP contribution >= 0.6 is 0 Å². The molecule has 0 bridgehead atoms. The number of imidazole rings is 1. The second-order valence-electron chi connectivity index (χ2n) is 9.86. The highest BCUT2D eigenvalue weighted by atomic mass is 19.1. The van der Waals surface area contributed by atoms with Crippen molar-refractivity contribution < 1.29 is 19.1 Å². The van der Waals surface area contributed by atoms with Crippen LogP contribution in [0.1, 0.15) is 78.2 Å². The predicted molar refractivity (Wildman–Crippen MR) is 151 cm³/mol. The van der Waals surface area contributed by atoms with Gasteiger partial charge in [0.1, 0.15) is 12.5 Å². The third-order valence-corrected chi connectivity index (χ3v) is 6.74. The summed E-state index contributed by atoms with van der Waals surface area (Å²) in [5.41, 5.74) is 3.39. The van der Waals surface area contributed by atoms with E-state index in [9.17, 15) is 19.1 Å². The zero-order chi connectivity index (χ0) is 27.9. The van der Waals surface area contributed by atoms with Crippen molar-refractivity contribution in [2.75, 3.05) is 6.67 Å². The van der Waals surface area contributed by atoms with Gasteiger partial charge in [-0.1, -0.05) is 55.0 Å². The fourth-order valence-electron chi connectivity index (χ4n) is 4.84. The predicted octanol–water partition coefficient (Wildman–Crippen LogP) is 7.00. The molecule has 0 saturated heterocycles. The molecule has 4 aromatic rings. The Bertz CT molecular complexity index is 1480. The van der Waals surface area contributed by atoms with E-state index in [1.165, 1.54) is 6.07 Å². The normalized spacial score (nSPS) is 12.0. The molecule has 0 spiro atoms. The first kappa shape index (κ1) is 27.7. The number of unbranched alkanes of at least 4 members (excludes halogenated alkanes) is 1. The van der Waals surface area contributed by atoms with Crippen LogP contribution in [0.3, 0.4) is 0 Å². The van der Waals surface area contributed by atoms with Crippen molar-refractivity contribution in [3.05, 3.63) is 89.7 Å². The number of nitrogens with one attached hydrogen (secondary N) is 2. The van der Waals surface area contributed by atoms with Crippen molar-refractivity contribution in [3.8, 4) is 11.1 Å². The lowest BCUT2D eigenvalue weighted by Gasteiger charge is -2.23. The lowest BCUT2D eigenvalue weighted by Crippen LogP contribution is -2.32. The molecule has 0 saturated carbocycles. The SMILES string of the molecule is CC(C)n1c([C@H](CCCCC(=N)CF)NC(=O)c2cc(-c3ccccc3)ccc2C(=O)O)nc2ccccc21. The molecule has 0 aliphatic carbocycles. The number of aromatic nitrogens is 2. The van der Waals surface area contributed by atoms with Crippen LogP contribution in [0.15, 0.2) is 72.8 Å². The summed E-state index contributed by atoms with van der Waals surface area (Å²) in [4.78, 5) is 30.6. The molecule has 4 rings (SSSR count). The average Bonchev–Trinajstić information content (AvgIpc) is 3.34. The number of carbonyl (C=O) groups excluding carboxylic acids is 1. The van der Waals surface area contributed by atoms with Gasteiger partial charge in [-0.25, -0.2) is 14.2 Å². The van der Waals surface area contributed by atoms with Crippen molar-refractivity contribution in [2.24, 2.45) is 0 Å². The fraction of sp³-hybridized carbons (Fsp3) is 0.290. The van der Waals surface area contributed by atoms with Gasteiger partial charge in [0.2, 0.25) is 0 Å². The van der Waals surface area contributed by atoms with E-state index in [0.29, 0.717) is 31.5 Å². The number of benzene rings is 3. The Morgan fingerprint density at radius 3 is 2.38 bits per heavy atom. The van der Waals surface area contributed by atoms with Crippen LogP contribution in [0.2, 0.25) is 0 Å². The number of fused-ring (bicyclic) bond motifs is 1. The monoisotopic (exact) mass is 528 g/mol. The van der Waals surface area contributed by atoms with Crippen LogP contribution in [0.4, 0.5) is 4.39 Å². The van der Waals surface area contributed by atoms with Gasteiger partial charge in [0.15, 0.2) is 0 Å². The van der Waals surface area contributed by atoms with Crippen molar-refractivity contribution >= 4 is 28.6 Å². The minimum Gasteiger partial charge on any atom is -0.478 e. The first-order chi connectivity index (χ1) is 18.8. The van der Waals surface area contributed by atoms with E-state index in [1.54, 1.807) is 12.1 Å². The second-order valence-corrected chi connectivity index (χ2v) is 9.86. The molecule has 39 heavy (non-hydrogen) atoms. The summed E-state index contributed by atoms with van der Waals surface area (Å²) in [6.07, 6.45) is 2.08. The number of hydrogen-bond donors (Lipinski definition) is 3. The number of para-hydroxylation sites is 2. The molecule has 0 aliphatic heterocycles. The molecule has 1 atom stereocenters. The summed E-state index contributed by atoms with van der Waals surface area (Å²) in [7, 11) is 0. The molecule has 1 aromatic heterocycles. The zero-order valence-electron chi connectivity index (χ0n) is 22.2. The number of carboxylic acid groups (broad SMARTS) is 1. The number of aromatic carboxylic acids is 1. The van der Waals surface area contributed by atoms with Crippen molar-refractivity contribution in [1.29, 1.82) is 5.41 Å². The maximum atomic E-state index is 13.7. The number of halogens is 1. The molecule has 0 unspecified atom stereocenters. The second kappa shape index (κ2) is 12.5. The van der Waals surface area contributed by atoms with Gasteiger partial charge in [-0.2, -0.15) is 0 Å². The summed E-state index contributed by atoms with van der Waals surface area (Å²) in [6.45, 7) is 3.33. The van der Waals surface area contributed by atoms with Gasteiger partial charge in [0.25, 0.3) is 5.91 Å². The van der Waals surface area contributed by atoms with Gasteiger partial charge in [0, 0.05) is 11.8 Å². The molecule has 8 heteroatoms. The third kappa shape index (κ3) is 6.39. The van der Waals surface area contributed by atoms with Crippen LogP contribution in [-0.4, -0.2) is 38.9 Å². The standard InChI is InChI=1S/C31H33FN4O3/c1-20(2)36-28-15-9-8-13-26(28)34-29(36)27(14-7-6-12-23(33)19-32)35-30(37)25-18-22(16-17-24(25)31(38)39)21-10-4-3-5-11-21/h3-5,8-11,13,15-18,20,27,33H,6-7,12,14,19H2,1-2H3,(H,35,37)(H,38,39)/t27-/m0/s1. The molecule has 1 amide bonds. The molecule has 1 heterocycles. The minimum absolute atomic E-state index is 0.0498. The number of carbonyl (C=O) groups is 2. The Morgan fingerprint density at radius 2 is 1.69 bits per heavy atom. The number of rotatable bonds is 12. The Kier molecular flexibility index (Phi) is 8.86. The van der Waals surface area contributed by atoms with Crippen LogP contribution in [0, 0.1) is 5.41 Å². The molecule has 202 valence electrons. The van der Waals surface area contributed by atoms with Gasteiger partial charge in [-0.3, -0.25) is 4.79 Å². The van der Waals surface area contributed by atoms with Gasteiger partial charge < -0.3 is 20.4 Å². The maximum Gasteiger partial charge on any atom is 0.336 e. The van der Waals surface area contributed by atoms with E-state index in [4.69, 9.17) is 10.4 Å². The summed E-state index contributed by atoms with van der Waals surface area (Å²) < 4.78 is 14.9. The molecular weight excluding hydrogens is 495 g/mol. The summed E-state index contributed by atoms with van der Waals surface area (Å²) in [5.74, 6) is -1.01. The smallest absolute Gasteiger partial charge is 0.336 e. The maximum absolute atomic E-state index is 13.7.